The molecule has 0 aliphatic rings. The van der Waals surface area contributed by atoms with Gasteiger partial charge in [0.2, 0.25) is 0 Å². The molecule has 1 aromatic carbocycles. The van der Waals surface area contributed by atoms with Crippen LogP contribution in [-0.2, 0) is 16.1 Å². The molecule has 102 valence electrons. The molecule has 2 rings (SSSR count). The molecule has 0 fully saturated rings. The second kappa shape index (κ2) is 4.70. The van der Waals surface area contributed by atoms with E-state index in [-0.39, 0.29) is 15.5 Å². The summed E-state index contributed by atoms with van der Waals surface area (Å²) in [6, 6.07) is 5.65. The molecule has 0 saturated heterocycles. The number of nitrogens with zero attached hydrogens (tertiary/aromatic N) is 2. The van der Waals surface area contributed by atoms with Crippen LogP contribution in [0.5, 0.6) is 0 Å². The maximum atomic E-state index is 12.0. The lowest BCUT2D eigenvalue weighted by Crippen LogP contribution is -2.19. The molecular weight excluding hydrogens is 311 g/mol. The quantitative estimate of drug-likeness (QED) is 0.796. The van der Waals surface area contributed by atoms with Crippen LogP contribution in [0.25, 0.3) is 5.69 Å². The van der Waals surface area contributed by atoms with Crippen molar-refractivity contribution in [2.24, 2.45) is 7.05 Å². The number of halogens is 2. The second-order valence-corrected chi connectivity index (χ2v) is 6.92. The van der Waals surface area contributed by atoms with Crippen LogP contribution >= 0.6 is 22.3 Å². The minimum Gasteiger partial charge on any atom is -0.284 e. The van der Waals surface area contributed by atoms with Gasteiger partial charge in [0.05, 0.1) is 16.3 Å². The molecule has 0 radical (unpaired) electrons. The van der Waals surface area contributed by atoms with Crippen molar-refractivity contribution in [3.8, 4) is 5.69 Å². The molecule has 0 amide bonds. The summed E-state index contributed by atoms with van der Waals surface area (Å²) in [6.45, 7) is 1.72. The highest BCUT2D eigenvalue weighted by molar-refractivity contribution is 8.13. The topological polar surface area (TPSA) is 61.1 Å². The Morgan fingerprint density at radius 1 is 1.16 bits per heavy atom. The second-order valence-electron chi connectivity index (χ2n) is 3.97. The first-order valence-corrected chi connectivity index (χ1v) is 7.91. The Morgan fingerprint density at radius 3 is 2.05 bits per heavy atom. The van der Waals surface area contributed by atoms with Gasteiger partial charge >= 0.3 is 0 Å². The first-order chi connectivity index (χ1) is 8.73. The van der Waals surface area contributed by atoms with Crippen LogP contribution in [0.1, 0.15) is 5.69 Å². The Hall–Kier alpha value is -1.24. The number of benzene rings is 1. The molecule has 0 bridgehead atoms. The summed E-state index contributed by atoms with van der Waals surface area (Å²) in [5.74, 6) is 0. The molecule has 0 aliphatic heterocycles. The number of hydrogen-bond donors (Lipinski definition) is 0. The lowest BCUT2D eigenvalue weighted by atomic mass is 10.3. The average molecular weight is 321 g/mol. The van der Waals surface area contributed by atoms with Gasteiger partial charge in [-0.05, 0) is 31.2 Å². The van der Waals surface area contributed by atoms with E-state index in [0.717, 1.165) is 0 Å². The van der Waals surface area contributed by atoms with Crippen LogP contribution in [0.2, 0.25) is 5.02 Å². The van der Waals surface area contributed by atoms with E-state index in [9.17, 15) is 13.2 Å². The number of hydrogen-bond acceptors (Lipinski definition) is 3. The van der Waals surface area contributed by atoms with Crippen molar-refractivity contribution in [1.29, 1.82) is 0 Å². The Morgan fingerprint density at radius 2 is 1.68 bits per heavy atom. The molecular formula is C11H10Cl2N2O3S. The SMILES string of the molecule is Cc1c(Cl)c(=O)n(-c2ccc(S(=O)(=O)Cl)cc2)n1C. The van der Waals surface area contributed by atoms with E-state index in [1.54, 1.807) is 18.7 Å². The minimum absolute atomic E-state index is 0.0250. The summed E-state index contributed by atoms with van der Waals surface area (Å²) in [5, 5.41) is 0.136. The molecule has 0 atom stereocenters. The zero-order valence-corrected chi connectivity index (χ0v) is 12.4. The van der Waals surface area contributed by atoms with Crippen molar-refractivity contribution < 1.29 is 8.42 Å². The van der Waals surface area contributed by atoms with Crippen LogP contribution in [0.15, 0.2) is 34.0 Å². The van der Waals surface area contributed by atoms with Gasteiger partial charge in [-0.1, -0.05) is 11.6 Å². The largest absolute Gasteiger partial charge is 0.290 e. The van der Waals surface area contributed by atoms with E-state index in [4.69, 9.17) is 22.3 Å². The van der Waals surface area contributed by atoms with E-state index < -0.39 is 9.05 Å². The molecule has 1 aromatic heterocycles. The normalized spacial score (nSPS) is 11.8. The van der Waals surface area contributed by atoms with Crippen molar-refractivity contribution in [2.45, 2.75) is 11.8 Å². The predicted molar refractivity (Wildman–Crippen MR) is 73.8 cm³/mol. The Kier molecular flexibility index (Phi) is 3.51. The monoisotopic (exact) mass is 320 g/mol. The molecule has 2 aromatic rings. The first kappa shape index (κ1) is 14.2. The van der Waals surface area contributed by atoms with Gasteiger partial charge in [-0.2, -0.15) is 0 Å². The van der Waals surface area contributed by atoms with Crippen LogP contribution < -0.4 is 5.56 Å². The third kappa shape index (κ3) is 2.43. The van der Waals surface area contributed by atoms with Gasteiger partial charge in [0, 0.05) is 17.7 Å². The molecule has 1 heterocycles. The highest BCUT2D eigenvalue weighted by Crippen LogP contribution is 2.18. The molecule has 0 N–H and O–H groups in total. The van der Waals surface area contributed by atoms with Gasteiger partial charge in [0.25, 0.3) is 14.6 Å². The zero-order chi connectivity index (χ0) is 14.4. The average Bonchev–Trinajstić information content (AvgIpc) is 2.53. The zero-order valence-electron chi connectivity index (χ0n) is 10.1. The van der Waals surface area contributed by atoms with Gasteiger partial charge in [-0.15, -0.1) is 0 Å². The highest BCUT2D eigenvalue weighted by atomic mass is 35.7. The van der Waals surface area contributed by atoms with Crippen LogP contribution in [-0.4, -0.2) is 17.8 Å². The highest BCUT2D eigenvalue weighted by Gasteiger charge is 2.15. The van der Waals surface area contributed by atoms with Gasteiger partial charge in [-0.25, -0.2) is 13.1 Å². The summed E-state index contributed by atoms with van der Waals surface area (Å²) in [7, 11) is 3.14. The van der Waals surface area contributed by atoms with Crippen molar-refractivity contribution in [3.05, 3.63) is 45.3 Å². The Bertz CT molecular complexity index is 789. The molecule has 19 heavy (non-hydrogen) atoms. The fourth-order valence-corrected chi connectivity index (χ4v) is 2.69. The number of rotatable bonds is 2. The summed E-state index contributed by atoms with van der Waals surface area (Å²) < 4.78 is 25.2. The molecule has 0 spiro atoms. The van der Waals surface area contributed by atoms with E-state index in [2.05, 4.69) is 0 Å². The fraction of sp³-hybridized carbons (Fsp3) is 0.182. The third-order valence-corrected chi connectivity index (χ3v) is 4.65. The summed E-state index contributed by atoms with van der Waals surface area (Å²) in [5.41, 5.74) is 0.774. The first-order valence-electron chi connectivity index (χ1n) is 5.22. The summed E-state index contributed by atoms with van der Waals surface area (Å²) in [6.07, 6.45) is 0. The molecule has 0 aliphatic carbocycles. The minimum atomic E-state index is -3.77. The van der Waals surface area contributed by atoms with Crippen molar-refractivity contribution >= 4 is 31.3 Å². The van der Waals surface area contributed by atoms with Gasteiger partial charge in [0.15, 0.2) is 0 Å². The van der Waals surface area contributed by atoms with E-state index in [0.29, 0.717) is 11.4 Å². The fourth-order valence-electron chi connectivity index (χ4n) is 1.72. The summed E-state index contributed by atoms with van der Waals surface area (Å²) >= 11 is 5.89. The van der Waals surface area contributed by atoms with Crippen molar-refractivity contribution in [3.63, 3.8) is 0 Å². The molecule has 0 saturated carbocycles. The molecule has 0 unspecified atom stereocenters. The molecule has 5 nitrogen and oxygen atoms in total. The summed E-state index contributed by atoms with van der Waals surface area (Å²) in [4.78, 5) is 11.9. The van der Waals surface area contributed by atoms with Gasteiger partial charge in [-0.3, -0.25) is 9.48 Å². The van der Waals surface area contributed by atoms with Crippen molar-refractivity contribution in [1.82, 2.24) is 9.36 Å². The third-order valence-electron chi connectivity index (χ3n) is 2.85. The van der Waals surface area contributed by atoms with E-state index >= 15 is 0 Å². The van der Waals surface area contributed by atoms with Gasteiger partial charge in [0.1, 0.15) is 5.02 Å². The van der Waals surface area contributed by atoms with Crippen molar-refractivity contribution in [2.75, 3.05) is 0 Å². The molecule has 8 heteroatoms. The maximum Gasteiger partial charge on any atom is 0.290 e. The van der Waals surface area contributed by atoms with Crippen LogP contribution in [0.3, 0.4) is 0 Å². The number of aromatic nitrogens is 2. The Balaban J connectivity index is 2.62. The van der Waals surface area contributed by atoms with Crippen LogP contribution in [0.4, 0.5) is 0 Å². The smallest absolute Gasteiger partial charge is 0.284 e. The predicted octanol–water partition coefficient (Wildman–Crippen LogP) is 2.07. The lowest BCUT2D eigenvalue weighted by Gasteiger charge is -2.08. The lowest BCUT2D eigenvalue weighted by molar-refractivity contribution is 0.609. The maximum absolute atomic E-state index is 12.0. The van der Waals surface area contributed by atoms with Gasteiger partial charge < -0.3 is 0 Å². The van der Waals surface area contributed by atoms with E-state index in [1.165, 1.54) is 28.9 Å². The standard InChI is InChI=1S/C11H10Cl2N2O3S/c1-7-10(12)11(16)15(14(7)2)8-3-5-9(6-4-8)19(13,17)18/h3-6H,1-2H3. The van der Waals surface area contributed by atoms with Crippen LogP contribution in [0, 0.1) is 6.92 Å². The Labute approximate surface area is 119 Å². The van der Waals surface area contributed by atoms with E-state index in [1.807, 2.05) is 0 Å².